The van der Waals surface area contributed by atoms with Gasteiger partial charge in [0, 0.05) is 0 Å². The molecule has 0 saturated heterocycles. The van der Waals surface area contributed by atoms with Crippen molar-refractivity contribution in [2.75, 3.05) is 0 Å². The van der Waals surface area contributed by atoms with E-state index in [9.17, 15) is 9.59 Å². The highest BCUT2D eigenvalue weighted by molar-refractivity contribution is 5.89. The van der Waals surface area contributed by atoms with E-state index in [1.807, 2.05) is 26.0 Å². The number of rotatable bonds is 8. The molecular weight excluding hydrogens is 340 g/mol. The number of amides is 1. The van der Waals surface area contributed by atoms with Gasteiger partial charge in [-0.3, -0.25) is 4.79 Å². The molecular formula is C22H34N2O3. The van der Waals surface area contributed by atoms with E-state index >= 15 is 0 Å². The number of esters is 1. The van der Waals surface area contributed by atoms with Crippen LogP contribution < -0.4 is 11.1 Å². The summed E-state index contributed by atoms with van der Waals surface area (Å²) in [5.41, 5.74) is 7.74. The van der Waals surface area contributed by atoms with Crippen LogP contribution in [0.4, 0.5) is 0 Å². The quantitative estimate of drug-likeness (QED) is 0.675. The lowest BCUT2D eigenvalue weighted by molar-refractivity contribution is -0.123. The van der Waals surface area contributed by atoms with E-state index in [4.69, 9.17) is 10.5 Å². The van der Waals surface area contributed by atoms with Gasteiger partial charge in [0.25, 0.3) is 0 Å². The Morgan fingerprint density at radius 3 is 2.26 bits per heavy atom. The number of nitrogens with two attached hydrogens (primary N) is 1. The van der Waals surface area contributed by atoms with E-state index in [-0.39, 0.29) is 29.4 Å². The van der Waals surface area contributed by atoms with Gasteiger partial charge in [-0.25, -0.2) is 4.79 Å². The molecule has 0 radical (unpaired) electrons. The average molecular weight is 375 g/mol. The van der Waals surface area contributed by atoms with Crippen molar-refractivity contribution in [2.45, 2.75) is 78.5 Å². The van der Waals surface area contributed by atoms with Gasteiger partial charge in [0.05, 0.1) is 23.8 Å². The molecule has 1 aliphatic carbocycles. The SMILES string of the molecule is CC(C)OC(=O)c1ccc([C@@H](CCC(C)(C)C)NC(=O)[C@@H](N)C2CC2)cc1. The molecule has 27 heavy (non-hydrogen) atoms. The number of hydrogen-bond donors (Lipinski definition) is 2. The number of hydrogen-bond acceptors (Lipinski definition) is 4. The molecule has 1 aromatic rings. The van der Waals surface area contributed by atoms with Crippen molar-refractivity contribution in [3.63, 3.8) is 0 Å². The van der Waals surface area contributed by atoms with E-state index in [0.29, 0.717) is 11.5 Å². The monoisotopic (exact) mass is 374 g/mol. The number of carbonyl (C=O) groups excluding carboxylic acids is 2. The first kappa shape index (κ1) is 21.4. The summed E-state index contributed by atoms with van der Waals surface area (Å²) in [5, 5.41) is 3.13. The second-order valence-electron chi connectivity index (χ2n) is 9.10. The summed E-state index contributed by atoms with van der Waals surface area (Å²) in [6.45, 7) is 10.2. The fourth-order valence-electron chi connectivity index (χ4n) is 2.97. The van der Waals surface area contributed by atoms with Crippen LogP contribution in [-0.4, -0.2) is 24.0 Å². The van der Waals surface area contributed by atoms with Crippen LogP contribution in [0.1, 0.15) is 82.3 Å². The lowest BCUT2D eigenvalue weighted by Crippen LogP contribution is -2.43. The molecule has 1 aromatic carbocycles. The maximum Gasteiger partial charge on any atom is 0.338 e. The third-order valence-corrected chi connectivity index (χ3v) is 4.82. The smallest absolute Gasteiger partial charge is 0.338 e. The minimum Gasteiger partial charge on any atom is -0.459 e. The molecule has 150 valence electrons. The van der Waals surface area contributed by atoms with Gasteiger partial charge in [-0.2, -0.15) is 0 Å². The van der Waals surface area contributed by atoms with Crippen LogP contribution in [0.2, 0.25) is 0 Å². The largest absolute Gasteiger partial charge is 0.459 e. The molecule has 2 atom stereocenters. The highest BCUT2D eigenvalue weighted by Crippen LogP contribution is 2.32. The molecule has 0 bridgehead atoms. The first-order chi connectivity index (χ1) is 12.6. The Kier molecular flexibility index (Phi) is 7.04. The van der Waals surface area contributed by atoms with Crippen LogP contribution in [0.5, 0.6) is 0 Å². The van der Waals surface area contributed by atoms with Crippen LogP contribution in [0.3, 0.4) is 0 Å². The first-order valence-corrected chi connectivity index (χ1v) is 9.94. The van der Waals surface area contributed by atoms with Gasteiger partial charge >= 0.3 is 5.97 Å². The van der Waals surface area contributed by atoms with Crippen molar-refractivity contribution in [1.29, 1.82) is 0 Å². The number of carbonyl (C=O) groups is 2. The maximum absolute atomic E-state index is 12.5. The summed E-state index contributed by atoms with van der Waals surface area (Å²) in [4.78, 5) is 24.6. The molecule has 1 saturated carbocycles. The van der Waals surface area contributed by atoms with Gasteiger partial charge in [0.1, 0.15) is 0 Å². The molecule has 0 unspecified atom stereocenters. The van der Waals surface area contributed by atoms with Gasteiger partial charge in [0.2, 0.25) is 5.91 Å². The van der Waals surface area contributed by atoms with Crippen LogP contribution >= 0.6 is 0 Å². The first-order valence-electron chi connectivity index (χ1n) is 9.94. The second-order valence-corrected chi connectivity index (χ2v) is 9.10. The van der Waals surface area contributed by atoms with Crippen molar-refractivity contribution in [1.82, 2.24) is 5.32 Å². The van der Waals surface area contributed by atoms with Gasteiger partial charge in [-0.1, -0.05) is 32.9 Å². The Balaban J connectivity index is 2.11. The van der Waals surface area contributed by atoms with Crippen LogP contribution in [0.15, 0.2) is 24.3 Å². The predicted octanol–water partition coefficient (Wildman–Crippen LogP) is 3.97. The van der Waals surface area contributed by atoms with E-state index < -0.39 is 6.04 Å². The molecule has 0 aromatic heterocycles. The van der Waals surface area contributed by atoms with Crippen LogP contribution in [-0.2, 0) is 9.53 Å². The Bertz CT molecular complexity index is 643. The Hall–Kier alpha value is -1.88. The van der Waals surface area contributed by atoms with Gasteiger partial charge in [-0.15, -0.1) is 0 Å². The predicted molar refractivity (Wildman–Crippen MR) is 107 cm³/mol. The fourth-order valence-corrected chi connectivity index (χ4v) is 2.97. The van der Waals surface area contributed by atoms with Crippen LogP contribution in [0.25, 0.3) is 0 Å². The van der Waals surface area contributed by atoms with E-state index in [1.54, 1.807) is 12.1 Å². The zero-order valence-electron chi connectivity index (χ0n) is 17.2. The fraction of sp³-hybridized carbons (Fsp3) is 0.636. The Morgan fingerprint density at radius 1 is 1.19 bits per heavy atom. The minimum atomic E-state index is -0.428. The highest BCUT2D eigenvalue weighted by Gasteiger charge is 2.34. The zero-order chi connectivity index (χ0) is 20.2. The van der Waals surface area contributed by atoms with Gasteiger partial charge in [0.15, 0.2) is 0 Å². The van der Waals surface area contributed by atoms with Crippen molar-refractivity contribution >= 4 is 11.9 Å². The molecule has 3 N–H and O–H groups in total. The molecule has 5 heteroatoms. The molecule has 0 spiro atoms. The van der Waals surface area contributed by atoms with Crippen LogP contribution in [0, 0.1) is 11.3 Å². The third kappa shape index (κ3) is 6.98. The lowest BCUT2D eigenvalue weighted by Gasteiger charge is -2.26. The van der Waals surface area contributed by atoms with Gasteiger partial charge < -0.3 is 15.8 Å². The highest BCUT2D eigenvalue weighted by atomic mass is 16.5. The summed E-state index contributed by atoms with van der Waals surface area (Å²) in [6.07, 6.45) is 3.71. The summed E-state index contributed by atoms with van der Waals surface area (Å²) in [7, 11) is 0. The molecule has 1 aliphatic rings. The lowest BCUT2D eigenvalue weighted by atomic mass is 9.87. The number of ether oxygens (including phenoxy) is 1. The van der Waals surface area contributed by atoms with Crippen molar-refractivity contribution < 1.29 is 14.3 Å². The van der Waals surface area contributed by atoms with E-state index in [0.717, 1.165) is 31.2 Å². The summed E-state index contributed by atoms with van der Waals surface area (Å²) < 4.78 is 5.23. The van der Waals surface area contributed by atoms with E-state index in [2.05, 4.69) is 26.1 Å². The molecule has 1 fully saturated rings. The zero-order valence-corrected chi connectivity index (χ0v) is 17.2. The van der Waals surface area contributed by atoms with Crippen molar-refractivity contribution in [3.8, 4) is 0 Å². The van der Waals surface area contributed by atoms with Crippen molar-refractivity contribution in [2.24, 2.45) is 17.1 Å². The normalized spacial score (nSPS) is 16.7. The second kappa shape index (κ2) is 8.87. The molecule has 0 aliphatic heterocycles. The maximum atomic E-state index is 12.5. The van der Waals surface area contributed by atoms with E-state index in [1.165, 1.54) is 0 Å². The number of nitrogens with one attached hydrogen (secondary N) is 1. The Labute approximate surface area is 163 Å². The van der Waals surface area contributed by atoms with Gasteiger partial charge in [-0.05, 0) is 68.6 Å². The molecule has 5 nitrogen and oxygen atoms in total. The summed E-state index contributed by atoms with van der Waals surface area (Å²) in [6, 6.07) is 6.77. The summed E-state index contributed by atoms with van der Waals surface area (Å²) >= 11 is 0. The minimum absolute atomic E-state index is 0.0836. The average Bonchev–Trinajstić information content (AvgIpc) is 3.41. The third-order valence-electron chi connectivity index (χ3n) is 4.82. The summed E-state index contributed by atoms with van der Waals surface area (Å²) in [5.74, 6) is -0.0938. The number of benzene rings is 1. The molecule has 0 heterocycles. The topological polar surface area (TPSA) is 81.4 Å². The standard InChI is InChI=1S/C22H34N2O3/c1-14(2)27-21(26)17-10-6-15(7-11-17)18(12-13-22(3,4)5)24-20(25)19(23)16-8-9-16/h6-7,10-11,14,16,18-19H,8-9,12-13,23H2,1-5H3,(H,24,25)/t18-,19+/m1/s1. The Morgan fingerprint density at radius 2 is 1.78 bits per heavy atom. The van der Waals surface area contributed by atoms with Crippen molar-refractivity contribution in [3.05, 3.63) is 35.4 Å². The molecule has 1 amide bonds. The molecule has 2 rings (SSSR count).